The molecule has 14 heteroatoms. The Morgan fingerprint density at radius 1 is 1.00 bits per heavy atom. The summed E-state index contributed by atoms with van der Waals surface area (Å²) in [6, 6.07) is 0. The first-order valence-electron chi connectivity index (χ1n) is 5.93. The topological polar surface area (TPSA) is 196 Å². The molecule has 0 atom stereocenters. The van der Waals surface area contributed by atoms with Crippen molar-refractivity contribution in [1.29, 1.82) is 0 Å². The zero-order chi connectivity index (χ0) is 19.3. The molecule has 0 aromatic rings. The fraction of sp³-hybridized carbons (Fsp3) is 0.700. The molecule has 11 nitrogen and oxygen atoms in total. The number of nitrogens with two attached hydrogens (primary N) is 2. The molecule has 0 saturated heterocycles. The fourth-order valence-electron chi connectivity index (χ4n) is 0.455. The van der Waals surface area contributed by atoms with E-state index in [1.54, 1.807) is 11.6 Å². The van der Waals surface area contributed by atoms with Crippen molar-refractivity contribution in [1.82, 2.24) is 9.44 Å². The second-order valence-corrected chi connectivity index (χ2v) is 6.80. The van der Waals surface area contributed by atoms with E-state index in [1.165, 1.54) is 13.8 Å². The molecule has 0 saturated carbocycles. The minimum atomic E-state index is -3.86. The van der Waals surface area contributed by atoms with E-state index in [0.717, 1.165) is 0 Å². The van der Waals surface area contributed by atoms with Gasteiger partial charge in [0.25, 0.3) is 10.2 Å². The molecule has 0 rings (SSSR count). The molecule has 0 fully saturated rings. The number of carbonyl (C=O) groups is 3. The lowest BCUT2D eigenvalue weighted by Gasteiger charge is -2.04. The zero-order valence-electron chi connectivity index (χ0n) is 12.8. The summed E-state index contributed by atoms with van der Waals surface area (Å²) in [4.78, 5) is 30.6. The molecule has 1 amide bonds. The fourth-order valence-corrected chi connectivity index (χ4v) is 1.36. The third-order valence-corrected chi connectivity index (χ3v) is 2.65. The summed E-state index contributed by atoms with van der Waals surface area (Å²) in [7, 11) is -7.53. The Morgan fingerprint density at radius 3 is 1.54 bits per heavy atom. The minimum absolute atomic E-state index is 0. The number of hydrogen-bond acceptors (Lipinski definition) is 7. The Bertz CT molecular complexity index is 582. The maximum absolute atomic E-state index is 10.9. The highest BCUT2D eigenvalue weighted by Gasteiger charge is 2.12. The van der Waals surface area contributed by atoms with Crippen LogP contribution in [0.1, 0.15) is 41.0 Å². The minimum Gasteiger partial charge on any atom is -0.299 e. The zero-order valence-corrected chi connectivity index (χ0v) is 15.2. The van der Waals surface area contributed by atoms with Crippen molar-refractivity contribution < 1.29 is 31.2 Å². The van der Waals surface area contributed by atoms with Gasteiger partial charge in [-0.1, -0.05) is 21.3 Å². The Balaban J connectivity index is -0.000000151. The SMILES string of the molecule is C.CCC(=O)Cl.CCC(=O)NS(=O)(=O)NCC(C)=O.NS(N)(=O)=O. The van der Waals surface area contributed by atoms with Gasteiger partial charge in [0.15, 0.2) is 0 Å². The van der Waals surface area contributed by atoms with Crippen LogP contribution in [0.4, 0.5) is 0 Å². The maximum Gasteiger partial charge on any atom is 0.301 e. The third-order valence-electron chi connectivity index (χ3n) is 1.36. The highest BCUT2D eigenvalue weighted by Crippen LogP contribution is 1.82. The number of halogens is 1. The van der Waals surface area contributed by atoms with Gasteiger partial charge in [-0.2, -0.15) is 21.6 Å². The monoisotopic (exact) mass is 412 g/mol. The van der Waals surface area contributed by atoms with E-state index in [0.29, 0.717) is 6.42 Å². The summed E-state index contributed by atoms with van der Waals surface area (Å²) < 4.78 is 43.8. The van der Waals surface area contributed by atoms with Crippen LogP contribution >= 0.6 is 11.6 Å². The smallest absolute Gasteiger partial charge is 0.299 e. The molecule has 0 bridgehead atoms. The summed E-state index contributed by atoms with van der Waals surface area (Å²) in [5.41, 5.74) is 0. The van der Waals surface area contributed by atoms with Gasteiger partial charge in [-0.25, -0.2) is 15.0 Å². The van der Waals surface area contributed by atoms with Crippen LogP contribution in [0.2, 0.25) is 0 Å². The second kappa shape index (κ2) is 15.4. The quantitative estimate of drug-likeness (QED) is 0.396. The van der Waals surface area contributed by atoms with E-state index >= 15 is 0 Å². The van der Waals surface area contributed by atoms with Crippen molar-refractivity contribution in [2.24, 2.45) is 10.3 Å². The molecule has 0 aliphatic carbocycles. The van der Waals surface area contributed by atoms with Crippen molar-refractivity contribution in [2.45, 2.75) is 41.0 Å². The van der Waals surface area contributed by atoms with Gasteiger partial charge in [0, 0.05) is 12.8 Å². The highest BCUT2D eigenvalue weighted by molar-refractivity contribution is 7.88. The van der Waals surface area contributed by atoms with E-state index in [4.69, 9.17) is 11.6 Å². The van der Waals surface area contributed by atoms with Crippen LogP contribution in [0.3, 0.4) is 0 Å². The lowest BCUT2D eigenvalue weighted by Crippen LogP contribution is -2.41. The van der Waals surface area contributed by atoms with Gasteiger partial charge in [0.05, 0.1) is 6.54 Å². The largest absolute Gasteiger partial charge is 0.301 e. The molecule has 24 heavy (non-hydrogen) atoms. The molecule has 0 unspecified atom stereocenters. The van der Waals surface area contributed by atoms with Gasteiger partial charge in [-0.05, 0) is 18.5 Å². The Morgan fingerprint density at radius 2 is 1.33 bits per heavy atom. The van der Waals surface area contributed by atoms with Crippen LogP contribution in [0.5, 0.6) is 0 Å². The number of Topliss-reactive ketones (excluding diaryl/α,β-unsaturated/α-hetero) is 1. The molecule has 0 aliphatic rings. The van der Waals surface area contributed by atoms with Crippen molar-refractivity contribution >= 4 is 49.0 Å². The molecule has 0 aliphatic heterocycles. The molecular weight excluding hydrogens is 388 g/mol. The number of carbonyl (C=O) groups excluding carboxylic acids is 3. The molecule has 0 aromatic heterocycles. The Labute approximate surface area is 147 Å². The van der Waals surface area contributed by atoms with Gasteiger partial charge in [-0.15, -0.1) is 0 Å². The maximum atomic E-state index is 10.9. The van der Waals surface area contributed by atoms with Crippen LogP contribution in [0.15, 0.2) is 0 Å². The second-order valence-electron chi connectivity index (χ2n) is 3.70. The lowest BCUT2D eigenvalue weighted by molar-refractivity contribution is -0.119. The van der Waals surface area contributed by atoms with Crippen molar-refractivity contribution in [3.05, 3.63) is 0 Å². The molecule has 0 spiro atoms. The van der Waals surface area contributed by atoms with E-state index in [2.05, 4.69) is 10.3 Å². The van der Waals surface area contributed by atoms with Crippen LogP contribution < -0.4 is 19.7 Å². The standard InChI is InChI=1S/C6H12N2O4S.C3H5ClO.CH4.H4N2O2S/c1-3-6(10)8-13(11,12)7-4-5(2)9;1-2-3(4)5;;1-5(2,3)4/h7H,3-4H2,1-2H3,(H,8,10);2H2,1H3;1H4;(H4,1,2,3,4). The molecular formula is C10H25ClN4O7S2. The third kappa shape index (κ3) is 42.8. The van der Waals surface area contributed by atoms with E-state index < -0.39 is 26.3 Å². The van der Waals surface area contributed by atoms with Crippen LogP contribution in [0, 0.1) is 0 Å². The Hall–Kier alpha value is -1.12. The predicted octanol–water partition coefficient (Wildman–Crippen LogP) is -1.12. The number of rotatable bonds is 6. The van der Waals surface area contributed by atoms with Gasteiger partial charge in [-0.3, -0.25) is 14.4 Å². The predicted molar refractivity (Wildman–Crippen MR) is 91.2 cm³/mol. The molecule has 0 aromatic carbocycles. The number of amides is 1. The average Bonchev–Trinajstić information content (AvgIpc) is 2.34. The number of ketones is 1. The molecule has 6 N–H and O–H groups in total. The van der Waals surface area contributed by atoms with Crippen LogP contribution in [-0.4, -0.2) is 40.3 Å². The van der Waals surface area contributed by atoms with Crippen LogP contribution in [0.25, 0.3) is 0 Å². The Kier molecular flexibility index (Phi) is 19.7. The summed E-state index contributed by atoms with van der Waals surface area (Å²) in [5.74, 6) is -0.939. The van der Waals surface area contributed by atoms with Gasteiger partial charge in [0.2, 0.25) is 11.1 Å². The number of nitrogens with one attached hydrogen (secondary N) is 2. The van der Waals surface area contributed by atoms with Crippen molar-refractivity contribution in [2.75, 3.05) is 6.54 Å². The van der Waals surface area contributed by atoms with Gasteiger partial charge < -0.3 is 0 Å². The van der Waals surface area contributed by atoms with Gasteiger partial charge >= 0.3 is 10.2 Å². The normalized spacial score (nSPS) is 9.92. The van der Waals surface area contributed by atoms with Crippen LogP contribution in [-0.2, 0) is 34.8 Å². The van der Waals surface area contributed by atoms with E-state index in [9.17, 15) is 31.2 Å². The first-order chi connectivity index (χ1) is 10.1. The molecule has 0 radical (unpaired) electrons. The van der Waals surface area contributed by atoms with Gasteiger partial charge in [0.1, 0.15) is 5.78 Å². The summed E-state index contributed by atoms with van der Waals surface area (Å²) in [6.07, 6.45) is 0.503. The molecule has 0 heterocycles. The van der Waals surface area contributed by atoms with E-state index in [1.807, 2.05) is 4.72 Å². The number of hydrogen-bond donors (Lipinski definition) is 4. The highest BCUT2D eigenvalue weighted by atomic mass is 35.5. The molecule has 146 valence electrons. The van der Waals surface area contributed by atoms with Crippen molar-refractivity contribution in [3.8, 4) is 0 Å². The average molecular weight is 413 g/mol. The summed E-state index contributed by atoms with van der Waals surface area (Å²) >= 11 is 4.82. The summed E-state index contributed by atoms with van der Waals surface area (Å²) in [5, 5.41) is 7.94. The first kappa shape index (κ1) is 30.7. The van der Waals surface area contributed by atoms with Crippen molar-refractivity contribution in [3.63, 3.8) is 0 Å². The van der Waals surface area contributed by atoms with E-state index in [-0.39, 0.29) is 31.4 Å². The lowest BCUT2D eigenvalue weighted by atomic mass is 10.5. The summed E-state index contributed by atoms with van der Waals surface area (Å²) in [6.45, 7) is 4.17. The first-order valence-corrected chi connectivity index (χ1v) is 9.40.